The zero-order chi connectivity index (χ0) is 24.9. The summed E-state index contributed by atoms with van der Waals surface area (Å²) in [5, 5.41) is 9.32. The molecule has 1 atom stereocenters. The summed E-state index contributed by atoms with van der Waals surface area (Å²) < 4.78 is 67.7. The molecule has 0 radical (unpaired) electrons. The van der Waals surface area contributed by atoms with Gasteiger partial charge in [0.1, 0.15) is 0 Å². The van der Waals surface area contributed by atoms with E-state index in [0.29, 0.717) is 6.42 Å². The highest BCUT2D eigenvalue weighted by molar-refractivity contribution is 7.99. The van der Waals surface area contributed by atoms with E-state index in [4.69, 9.17) is 15.6 Å². The van der Waals surface area contributed by atoms with Gasteiger partial charge in [-0.1, -0.05) is 30.3 Å². The highest BCUT2D eigenvalue weighted by atomic mass is 32.2. The van der Waals surface area contributed by atoms with Crippen molar-refractivity contribution in [2.45, 2.75) is 37.7 Å². The lowest BCUT2D eigenvalue weighted by atomic mass is 10.1. The van der Waals surface area contributed by atoms with Gasteiger partial charge in [0.25, 0.3) is 0 Å². The molecule has 180 valence electrons. The number of hydrogen-bond donors (Lipinski definition) is 3. The molecule has 0 saturated heterocycles. The number of Topliss-reactive ketones (excluding diaryl/α,β-unsaturated/α-hetero) is 1. The third kappa shape index (κ3) is 13.6. The van der Waals surface area contributed by atoms with Crippen LogP contribution in [0.15, 0.2) is 30.3 Å². The van der Waals surface area contributed by atoms with Gasteiger partial charge in [0.05, 0.1) is 18.2 Å². The van der Waals surface area contributed by atoms with Crippen LogP contribution in [0.1, 0.15) is 18.4 Å². The van der Waals surface area contributed by atoms with E-state index >= 15 is 0 Å². The van der Waals surface area contributed by atoms with Crippen LogP contribution in [0.25, 0.3) is 0 Å². The molecule has 0 heterocycles. The van der Waals surface area contributed by atoms with Crippen LogP contribution in [0.2, 0.25) is 0 Å². The lowest BCUT2D eigenvalue weighted by Gasteiger charge is -2.11. The van der Waals surface area contributed by atoms with E-state index in [1.54, 1.807) is 24.3 Å². The second-order valence-corrected chi connectivity index (χ2v) is 7.21. The number of amides is 2. The summed E-state index contributed by atoms with van der Waals surface area (Å²) in [7, 11) is 0. The fourth-order valence-electron chi connectivity index (χ4n) is 1.84. The first-order chi connectivity index (χ1) is 14.6. The molecule has 0 aliphatic carbocycles. The van der Waals surface area contributed by atoms with Crippen molar-refractivity contribution in [2.75, 3.05) is 11.5 Å². The molecular weight excluding hydrogens is 470 g/mol. The van der Waals surface area contributed by atoms with Crippen LogP contribution in [0.4, 0.5) is 26.3 Å². The number of nitrogens with one attached hydrogen (secondary N) is 1. The van der Waals surface area contributed by atoms with Crippen molar-refractivity contribution < 1.29 is 50.6 Å². The SMILES string of the molecule is N[C@@H](CCCSCC(=O)C(F)(F)F)C(=O)NC(=O)Cc1ccccc1.O=C(O)C(F)(F)F. The number of carbonyl (C=O) groups is 4. The molecule has 0 fully saturated rings. The third-order valence-corrected chi connectivity index (χ3v) is 4.45. The molecule has 32 heavy (non-hydrogen) atoms. The number of ketones is 1. The van der Waals surface area contributed by atoms with E-state index in [0.717, 1.165) is 17.3 Å². The maximum Gasteiger partial charge on any atom is 0.490 e. The average Bonchev–Trinajstić information content (AvgIpc) is 2.67. The predicted octanol–water partition coefficient (Wildman–Crippen LogP) is 2.48. The van der Waals surface area contributed by atoms with Crippen molar-refractivity contribution in [1.29, 1.82) is 0 Å². The number of carboxylic acid groups (broad SMARTS) is 1. The van der Waals surface area contributed by atoms with Crippen LogP contribution >= 0.6 is 11.8 Å². The van der Waals surface area contributed by atoms with Gasteiger partial charge in [0.2, 0.25) is 17.6 Å². The topological polar surface area (TPSA) is 127 Å². The number of nitrogens with two attached hydrogens (primary N) is 1. The van der Waals surface area contributed by atoms with Crippen LogP contribution in [0.5, 0.6) is 0 Å². The standard InChI is InChI=1S/C16H19F3N2O3S.C2HF3O2/c17-16(18,19)13(22)10-25-8-4-7-12(20)15(24)21-14(23)9-11-5-2-1-3-6-11;3-2(4,5)1(6)7/h1-3,5-6,12H,4,7-10,20H2,(H,21,23,24);(H,6,7)/t12-;/m0./s1. The molecule has 0 unspecified atom stereocenters. The largest absolute Gasteiger partial charge is 0.490 e. The molecular formula is C18H20F6N2O5S. The Kier molecular flexibility index (Phi) is 12.6. The molecule has 1 rings (SSSR count). The minimum atomic E-state index is -5.08. The summed E-state index contributed by atoms with van der Waals surface area (Å²) >= 11 is 0.834. The molecule has 0 aliphatic rings. The van der Waals surface area contributed by atoms with E-state index in [2.05, 4.69) is 5.32 Å². The van der Waals surface area contributed by atoms with Crippen molar-refractivity contribution in [3.8, 4) is 0 Å². The summed E-state index contributed by atoms with van der Waals surface area (Å²) in [5.41, 5.74) is 6.41. The summed E-state index contributed by atoms with van der Waals surface area (Å²) in [6, 6.07) is 7.93. The predicted molar refractivity (Wildman–Crippen MR) is 103 cm³/mol. The number of halogens is 6. The zero-order valence-electron chi connectivity index (χ0n) is 16.3. The smallest absolute Gasteiger partial charge is 0.475 e. The number of hydrogen-bond acceptors (Lipinski definition) is 6. The molecule has 14 heteroatoms. The number of carboxylic acids is 1. The Morgan fingerprint density at radius 1 is 1.00 bits per heavy atom. The number of carbonyl (C=O) groups excluding carboxylic acids is 3. The highest BCUT2D eigenvalue weighted by Crippen LogP contribution is 2.19. The third-order valence-electron chi connectivity index (χ3n) is 3.40. The first-order valence-corrected chi connectivity index (χ1v) is 9.91. The molecule has 0 bridgehead atoms. The fraction of sp³-hybridized carbons (Fsp3) is 0.444. The van der Waals surface area contributed by atoms with E-state index in [9.17, 15) is 40.7 Å². The molecule has 0 saturated carbocycles. The van der Waals surface area contributed by atoms with Crippen molar-refractivity contribution >= 4 is 35.3 Å². The van der Waals surface area contributed by atoms with Gasteiger partial charge in [-0.05, 0) is 24.2 Å². The Balaban J connectivity index is 0.00000118. The van der Waals surface area contributed by atoms with Crippen LogP contribution in [0.3, 0.4) is 0 Å². The number of thioether (sulfide) groups is 1. The molecule has 1 aromatic rings. The molecule has 0 aromatic heterocycles. The number of benzene rings is 1. The van der Waals surface area contributed by atoms with E-state index in [1.807, 2.05) is 6.07 Å². The molecule has 0 aliphatic heterocycles. The van der Waals surface area contributed by atoms with Gasteiger partial charge in [0.15, 0.2) is 0 Å². The maximum absolute atomic E-state index is 12.0. The Labute approximate surface area is 182 Å². The molecule has 4 N–H and O–H groups in total. The maximum atomic E-state index is 12.0. The summed E-state index contributed by atoms with van der Waals surface area (Å²) in [6.45, 7) is 0. The van der Waals surface area contributed by atoms with Gasteiger partial charge >= 0.3 is 18.3 Å². The van der Waals surface area contributed by atoms with Crippen molar-refractivity contribution in [2.24, 2.45) is 5.73 Å². The van der Waals surface area contributed by atoms with Crippen LogP contribution in [-0.4, -0.2) is 58.6 Å². The Morgan fingerprint density at radius 3 is 2.00 bits per heavy atom. The second kappa shape index (κ2) is 13.7. The molecule has 1 aromatic carbocycles. The van der Waals surface area contributed by atoms with Gasteiger partial charge < -0.3 is 10.8 Å². The number of imide groups is 1. The highest BCUT2D eigenvalue weighted by Gasteiger charge is 2.38. The van der Waals surface area contributed by atoms with Gasteiger partial charge in [-0.25, -0.2) is 4.79 Å². The lowest BCUT2D eigenvalue weighted by Crippen LogP contribution is -2.44. The summed E-state index contributed by atoms with van der Waals surface area (Å²) in [4.78, 5) is 43.1. The number of rotatable bonds is 9. The van der Waals surface area contributed by atoms with Crippen molar-refractivity contribution in [3.05, 3.63) is 35.9 Å². The van der Waals surface area contributed by atoms with Crippen LogP contribution in [0, 0.1) is 0 Å². The molecule has 7 nitrogen and oxygen atoms in total. The van der Waals surface area contributed by atoms with Crippen molar-refractivity contribution in [3.63, 3.8) is 0 Å². The quantitative estimate of drug-likeness (QED) is 0.359. The zero-order valence-corrected chi connectivity index (χ0v) is 17.1. The van der Waals surface area contributed by atoms with Crippen LogP contribution < -0.4 is 11.1 Å². The lowest BCUT2D eigenvalue weighted by molar-refractivity contribution is -0.192. The first-order valence-electron chi connectivity index (χ1n) is 8.75. The average molecular weight is 490 g/mol. The van der Waals surface area contributed by atoms with Gasteiger partial charge in [-0.2, -0.15) is 38.1 Å². The van der Waals surface area contributed by atoms with Crippen molar-refractivity contribution in [1.82, 2.24) is 5.32 Å². The molecule has 0 spiro atoms. The second-order valence-electron chi connectivity index (χ2n) is 6.10. The number of alkyl halides is 6. The molecule has 2 amide bonds. The monoisotopic (exact) mass is 490 g/mol. The normalized spacial score (nSPS) is 12.2. The minimum Gasteiger partial charge on any atom is -0.475 e. The minimum absolute atomic E-state index is 0.0503. The fourth-order valence-corrected chi connectivity index (χ4v) is 2.70. The first kappa shape index (κ1) is 29.4. The summed E-state index contributed by atoms with van der Waals surface area (Å²) in [5.74, 6) is -6.03. The van der Waals surface area contributed by atoms with Gasteiger partial charge in [-0.3, -0.25) is 19.7 Å². The Hall–Kier alpha value is -2.61. The number of aliphatic carboxylic acids is 1. The van der Waals surface area contributed by atoms with E-state index < -0.39 is 47.7 Å². The van der Waals surface area contributed by atoms with Gasteiger partial charge in [-0.15, -0.1) is 0 Å². The Morgan fingerprint density at radius 2 is 1.53 bits per heavy atom. The van der Waals surface area contributed by atoms with E-state index in [1.165, 1.54) is 0 Å². The Bertz CT molecular complexity index is 771. The van der Waals surface area contributed by atoms with E-state index in [-0.39, 0.29) is 18.6 Å². The van der Waals surface area contributed by atoms with Crippen LogP contribution in [-0.2, 0) is 25.6 Å². The van der Waals surface area contributed by atoms with Gasteiger partial charge in [0, 0.05) is 0 Å². The summed E-state index contributed by atoms with van der Waals surface area (Å²) in [6.07, 6.45) is -9.29.